The normalized spacial score (nSPS) is 11.8. The monoisotopic (exact) mass is 254 g/mol. The summed E-state index contributed by atoms with van der Waals surface area (Å²) in [6.07, 6.45) is 0. The molecule has 0 fully saturated rings. The van der Waals surface area contributed by atoms with Crippen LogP contribution in [0.1, 0.15) is 12.5 Å². The molecule has 0 saturated heterocycles. The highest BCUT2D eigenvalue weighted by molar-refractivity contribution is 5.98. The number of carbonyl (C=O) groups is 1. The number of likely N-dealkylation sites (N-methyl/N-ethyl adjacent to an activating group) is 1. The van der Waals surface area contributed by atoms with E-state index in [1.54, 1.807) is 31.0 Å². The molecular formula is C15H14N2O2. The Kier molecular flexibility index (Phi) is 3.39. The van der Waals surface area contributed by atoms with Crippen molar-refractivity contribution in [1.29, 1.82) is 5.26 Å². The summed E-state index contributed by atoms with van der Waals surface area (Å²) in [6, 6.07) is 12.6. The number of carboxylic acid groups (broad SMARTS) is 1. The minimum atomic E-state index is -0.879. The molecule has 4 nitrogen and oxygen atoms in total. The first-order valence-corrected chi connectivity index (χ1v) is 5.93. The van der Waals surface area contributed by atoms with E-state index < -0.39 is 12.0 Å². The van der Waals surface area contributed by atoms with Crippen LogP contribution in [0, 0.1) is 11.3 Å². The Bertz CT molecular complexity index is 673. The van der Waals surface area contributed by atoms with Gasteiger partial charge in [-0.05, 0) is 19.1 Å². The van der Waals surface area contributed by atoms with Crippen LogP contribution in [0.15, 0.2) is 36.4 Å². The van der Waals surface area contributed by atoms with Crippen LogP contribution in [0.4, 0.5) is 5.69 Å². The van der Waals surface area contributed by atoms with Crippen LogP contribution in [-0.2, 0) is 4.79 Å². The van der Waals surface area contributed by atoms with Gasteiger partial charge in [-0.2, -0.15) is 5.26 Å². The molecule has 2 rings (SSSR count). The van der Waals surface area contributed by atoms with Crippen molar-refractivity contribution in [3.05, 3.63) is 42.0 Å². The number of carboxylic acids is 1. The SMILES string of the molecule is CC(C(=O)O)N(C)c1ccc(C#N)c2ccccc12. The highest BCUT2D eigenvalue weighted by Gasteiger charge is 2.19. The van der Waals surface area contributed by atoms with Gasteiger partial charge in [0.15, 0.2) is 0 Å². The van der Waals surface area contributed by atoms with Crippen molar-refractivity contribution >= 4 is 22.4 Å². The number of fused-ring (bicyclic) bond motifs is 1. The number of nitriles is 1. The Morgan fingerprint density at radius 1 is 1.26 bits per heavy atom. The van der Waals surface area contributed by atoms with Crippen molar-refractivity contribution in [3.8, 4) is 6.07 Å². The van der Waals surface area contributed by atoms with Gasteiger partial charge in [0.1, 0.15) is 6.04 Å². The van der Waals surface area contributed by atoms with Gasteiger partial charge < -0.3 is 10.0 Å². The molecule has 2 aromatic rings. The van der Waals surface area contributed by atoms with Gasteiger partial charge in [-0.25, -0.2) is 4.79 Å². The molecule has 96 valence electrons. The van der Waals surface area contributed by atoms with Crippen LogP contribution in [0.5, 0.6) is 0 Å². The quantitative estimate of drug-likeness (QED) is 0.914. The molecule has 0 heterocycles. The van der Waals surface area contributed by atoms with Crippen LogP contribution in [0.3, 0.4) is 0 Å². The lowest BCUT2D eigenvalue weighted by molar-refractivity contribution is -0.138. The van der Waals surface area contributed by atoms with E-state index in [0.717, 1.165) is 16.5 Å². The van der Waals surface area contributed by atoms with Crippen molar-refractivity contribution in [2.75, 3.05) is 11.9 Å². The topological polar surface area (TPSA) is 64.3 Å². The lowest BCUT2D eigenvalue weighted by atomic mass is 10.0. The number of hydrogen-bond donors (Lipinski definition) is 1. The molecule has 0 saturated carbocycles. The summed E-state index contributed by atoms with van der Waals surface area (Å²) < 4.78 is 0. The maximum absolute atomic E-state index is 11.1. The average molecular weight is 254 g/mol. The Labute approximate surface area is 111 Å². The molecule has 0 aliphatic heterocycles. The molecule has 1 unspecified atom stereocenters. The molecule has 0 spiro atoms. The molecule has 0 aromatic heterocycles. The molecular weight excluding hydrogens is 240 g/mol. The maximum atomic E-state index is 11.1. The summed E-state index contributed by atoms with van der Waals surface area (Å²) in [5.74, 6) is -0.879. The van der Waals surface area contributed by atoms with Crippen LogP contribution < -0.4 is 4.90 Å². The van der Waals surface area contributed by atoms with Crippen LogP contribution in [0.25, 0.3) is 10.8 Å². The van der Waals surface area contributed by atoms with Gasteiger partial charge in [0.05, 0.1) is 11.6 Å². The zero-order chi connectivity index (χ0) is 14.0. The summed E-state index contributed by atoms with van der Waals surface area (Å²) in [6.45, 7) is 1.63. The Morgan fingerprint density at radius 3 is 2.47 bits per heavy atom. The van der Waals surface area contributed by atoms with Crippen molar-refractivity contribution in [1.82, 2.24) is 0 Å². The first-order valence-electron chi connectivity index (χ1n) is 5.93. The van der Waals surface area contributed by atoms with Crippen molar-refractivity contribution in [2.24, 2.45) is 0 Å². The first kappa shape index (κ1) is 12.9. The van der Waals surface area contributed by atoms with E-state index in [1.807, 2.05) is 24.3 Å². The van der Waals surface area contributed by atoms with Gasteiger partial charge in [-0.15, -0.1) is 0 Å². The van der Waals surface area contributed by atoms with Crippen LogP contribution >= 0.6 is 0 Å². The molecule has 0 radical (unpaired) electrons. The lowest BCUT2D eigenvalue weighted by Crippen LogP contribution is -2.35. The number of nitrogens with zero attached hydrogens (tertiary/aromatic N) is 2. The van der Waals surface area contributed by atoms with E-state index in [9.17, 15) is 4.79 Å². The highest BCUT2D eigenvalue weighted by atomic mass is 16.4. The standard InChI is InChI=1S/C15H14N2O2/c1-10(15(18)19)17(2)14-8-7-11(9-16)12-5-3-4-6-13(12)14/h3-8,10H,1-2H3,(H,18,19). The minimum Gasteiger partial charge on any atom is -0.480 e. The molecule has 1 N–H and O–H groups in total. The fourth-order valence-electron chi connectivity index (χ4n) is 2.06. The number of anilines is 1. The third-order valence-electron chi connectivity index (χ3n) is 3.34. The fourth-order valence-corrected chi connectivity index (χ4v) is 2.06. The summed E-state index contributed by atoms with van der Waals surface area (Å²) in [5.41, 5.74) is 1.40. The van der Waals surface area contributed by atoms with E-state index in [1.165, 1.54) is 0 Å². The molecule has 0 aliphatic carbocycles. The van der Waals surface area contributed by atoms with Gasteiger partial charge in [0.25, 0.3) is 0 Å². The third-order valence-corrected chi connectivity index (χ3v) is 3.34. The number of hydrogen-bond acceptors (Lipinski definition) is 3. The van der Waals surface area contributed by atoms with Gasteiger partial charge in [0.2, 0.25) is 0 Å². The van der Waals surface area contributed by atoms with Crippen molar-refractivity contribution < 1.29 is 9.90 Å². The van der Waals surface area contributed by atoms with E-state index >= 15 is 0 Å². The Morgan fingerprint density at radius 2 is 1.89 bits per heavy atom. The van der Waals surface area contributed by atoms with E-state index in [-0.39, 0.29) is 0 Å². The largest absolute Gasteiger partial charge is 0.480 e. The predicted octanol–water partition coefficient (Wildman–Crippen LogP) is 2.62. The van der Waals surface area contributed by atoms with Crippen LogP contribution in [0.2, 0.25) is 0 Å². The average Bonchev–Trinajstić information content (AvgIpc) is 2.44. The molecule has 0 amide bonds. The summed E-state index contributed by atoms with van der Waals surface area (Å²) in [7, 11) is 1.74. The second-order valence-corrected chi connectivity index (χ2v) is 4.41. The van der Waals surface area contributed by atoms with Gasteiger partial charge >= 0.3 is 5.97 Å². The van der Waals surface area contributed by atoms with Crippen LogP contribution in [-0.4, -0.2) is 24.2 Å². The highest BCUT2D eigenvalue weighted by Crippen LogP contribution is 2.29. The summed E-state index contributed by atoms with van der Waals surface area (Å²) in [5, 5.41) is 19.9. The summed E-state index contributed by atoms with van der Waals surface area (Å²) >= 11 is 0. The molecule has 4 heteroatoms. The molecule has 19 heavy (non-hydrogen) atoms. The van der Waals surface area contributed by atoms with E-state index in [0.29, 0.717) is 5.56 Å². The van der Waals surface area contributed by atoms with E-state index in [4.69, 9.17) is 10.4 Å². The van der Waals surface area contributed by atoms with Gasteiger partial charge in [-0.1, -0.05) is 24.3 Å². The number of benzene rings is 2. The zero-order valence-corrected chi connectivity index (χ0v) is 10.8. The van der Waals surface area contributed by atoms with Gasteiger partial charge in [-0.3, -0.25) is 0 Å². The van der Waals surface area contributed by atoms with Crippen molar-refractivity contribution in [3.63, 3.8) is 0 Å². The predicted molar refractivity (Wildman–Crippen MR) is 74.2 cm³/mol. The third kappa shape index (κ3) is 2.23. The van der Waals surface area contributed by atoms with E-state index in [2.05, 4.69) is 6.07 Å². The molecule has 2 aromatic carbocycles. The fraction of sp³-hybridized carbons (Fsp3) is 0.200. The van der Waals surface area contributed by atoms with Gasteiger partial charge in [0, 0.05) is 23.5 Å². The first-order chi connectivity index (χ1) is 9.06. The Hall–Kier alpha value is -2.54. The summed E-state index contributed by atoms with van der Waals surface area (Å²) in [4.78, 5) is 12.8. The lowest BCUT2D eigenvalue weighted by Gasteiger charge is -2.25. The minimum absolute atomic E-state index is 0.593. The number of aliphatic carboxylic acids is 1. The molecule has 0 aliphatic rings. The van der Waals surface area contributed by atoms with Crippen molar-refractivity contribution in [2.45, 2.75) is 13.0 Å². The molecule has 0 bridgehead atoms. The smallest absolute Gasteiger partial charge is 0.326 e. The second-order valence-electron chi connectivity index (χ2n) is 4.41. The second kappa shape index (κ2) is 4.99. The molecule has 1 atom stereocenters. The maximum Gasteiger partial charge on any atom is 0.326 e. The zero-order valence-electron chi connectivity index (χ0n) is 10.8. The Balaban J connectivity index is 2.63. The number of rotatable bonds is 3.